The monoisotopic (exact) mass is 546 g/mol. The topological polar surface area (TPSA) is 85.4 Å². The van der Waals surface area contributed by atoms with Crippen molar-refractivity contribution in [2.24, 2.45) is 4.99 Å². The number of guanidine groups is 1. The van der Waals surface area contributed by atoms with E-state index >= 15 is 0 Å². The second kappa shape index (κ2) is 12.8. The maximum absolute atomic E-state index is 11.8. The van der Waals surface area contributed by atoms with Crippen LogP contribution in [0, 0.1) is 0 Å². The molecule has 0 bridgehead atoms. The Hall–Kier alpha value is -2.88. The van der Waals surface area contributed by atoms with Gasteiger partial charge in [-0.2, -0.15) is 0 Å². The minimum absolute atomic E-state index is 0. The van der Waals surface area contributed by atoms with E-state index in [2.05, 4.69) is 44.6 Å². The lowest BCUT2D eigenvalue weighted by atomic mass is 10.1. The van der Waals surface area contributed by atoms with E-state index < -0.39 is 0 Å². The van der Waals surface area contributed by atoms with Gasteiger partial charge in [0, 0.05) is 32.7 Å². The molecule has 0 aliphatic carbocycles. The summed E-state index contributed by atoms with van der Waals surface area (Å²) in [5.41, 5.74) is 3.87. The SMILES string of the molecule is CCNC(=NCCc1cccc(C(=O)NC)c1)N(C)Cc1ncc(-c2ccccc2)[nH]1.I. The lowest BCUT2D eigenvalue weighted by Gasteiger charge is -2.21. The first-order chi connectivity index (χ1) is 15.1. The van der Waals surface area contributed by atoms with Gasteiger partial charge in [-0.3, -0.25) is 9.79 Å². The summed E-state index contributed by atoms with van der Waals surface area (Å²) in [6.45, 7) is 4.07. The second-order valence-electron chi connectivity index (χ2n) is 7.23. The number of hydrogen-bond donors (Lipinski definition) is 3. The molecule has 0 unspecified atom stereocenters. The minimum Gasteiger partial charge on any atom is -0.357 e. The van der Waals surface area contributed by atoms with Crippen molar-refractivity contribution in [2.75, 3.05) is 27.2 Å². The number of carbonyl (C=O) groups excluding carboxylic acids is 1. The smallest absolute Gasteiger partial charge is 0.251 e. The van der Waals surface area contributed by atoms with Gasteiger partial charge in [0.05, 0.1) is 18.4 Å². The number of nitrogens with zero attached hydrogens (tertiary/aromatic N) is 3. The maximum Gasteiger partial charge on any atom is 0.251 e. The summed E-state index contributed by atoms with van der Waals surface area (Å²) in [4.78, 5) is 26.5. The van der Waals surface area contributed by atoms with E-state index in [-0.39, 0.29) is 29.9 Å². The average molecular weight is 546 g/mol. The third kappa shape index (κ3) is 7.08. The molecule has 32 heavy (non-hydrogen) atoms. The summed E-state index contributed by atoms with van der Waals surface area (Å²) in [6.07, 6.45) is 2.62. The number of benzene rings is 2. The molecule has 0 saturated carbocycles. The van der Waals surface area contributed by atoms with Crippen LogP contribution < -0.4 is 10.6 Å². The molecular weight excluding hydrogens is 515 g/mol. The normalized spacial score (nSPS) is 10.9. The third-order valence-electron chi connectivity index (χ3n) is 4.87. The largest absolute Gasteiger partial charge is 0.357 e. The number of aromatic amines is 1. The number of carbonyl (C=O) groups is 1. The number of nitrogens with one attached hydrogen (secondary N) is 3. The highest BCUT2D eigenvalue weighted by Crippen LogP contribution is 2.16. The van der Waals surface area contributed by atoms with Gasteiger partial charge in [-0.25, -0.2) is 4.98 Å². The molecule has 1 aromatic heterocycles. The van der Waals surface area contributed by atoms with Gasteiger partial charge in [0.15, 0.2) is 5.96 Å². The number of amides is 1. The fourth-order valence-electron chi connectivity index (χ4n) is 3.28. The van der Waals surface area contributed by atoms with Crippen molar-refractivity contribution in [1.29, 1.82) is 0 Å². The number of hydrogen-bond acceptors (Lipinski definition) is 3. The van der Waals surface area contributed by atoms with Crippen molar-refractivity contribution in [3.8, 4) is 11.3 Å². The molecular formula is C24H31IN6O. The molecule has 0 aliphatic rings. The summed E-state index contributed by atoms with van der Waals surface area (Å²) < 4.78 is 0. The molecule has 7 nitrogen and oxygen atoms in total. The third-order valence-corrected chi connectivity index (χ3v) is 4.87. The standard InChI is InChI=1S/C24H30N6O.HI/c1-4-26-24(27-14-13-18-9-8-12-20(15-18)23(31)25-2)30(3)17-22-28-16-21(29-22)19-10-6-5-7-11-19;/h5-12,15-16H,4,13-14,17H2,1-3H3,(H,25,31)(H,26,27)(H,28,29);1H. The fourth-order valence-corrected chi connectivity index (χ4v) is 3.28. The molecule has 0 radical (unpaired) electrons. The lowest BCUT2D eigenvalue weighted by Crippen LogP contribution is -2.38. The Labute approximate surface area is 206 Å². The number of H-pyrrole nitrogens is 1. The predicted octanol–water partition coefficient (Wildman–Crippen LogP) is 3.69. The van der Waals surface area contributed by atoms with E-state index in [0.717, 1.165) is 41.6 Å². The van der Waals surface area contributed by atoms with Crippen molar-refractivity contribution in [3.05, 3.63) is 77.7 Å². The first kappa shape index (κ1) is 25.4. The van der Waals surface area contributed by atoms with Gasteiger partial charge in [-0.1, -0.05) is 42.5 Å². The Morgan fingerprint density at radius 3 is 2.66 bits per heavy atom. The molecule has 3 rings (SSSR count). The molecule has 2 aromatic carbocycles. The van der Waals surface area contributed by atoms with Gasteiger partial charge in [0.2, 0.25) is 0 Å². The predicted molar refractivity (Wildman–Crippen MR) is 140 cm³/mol. The first-order valence-corrected chi connectivity index (χ1v) is 10.5. The molecule has 1 amide bonds. The molecule has 8 heteroatoms. The van der Waals surface area contributed by atoms with Crippen LogP contribution in [0.4, 0.5) is 0 Å². The van der Waals surface area contributed by atoms with Crippen LogP contribution in [0.3, 0.4) is 0 Å². The molecule has 170 valence electrons. The van der Waals surface area contributed by atoms with E-state index in [1.165, 1.54) is 0 Å². The summed E-state index contributed by atoms with van der Waals surface area (Å²) >= 11 is 0. The Bertz CT molecular complexity index is 1020. The molecule has 0 fully saturated rings. The molecule has 0 atom stereocenters. The van der Waals surface area contributed by atoms with Gasteiger partial charge in [0.25, 0.3) is 5.91 Å². The van der Waals surface area contributed by atoms with Gasteiger partial charge in [-0.15, -0.1) is 24.0 Å². The van der Waals surface area contributed by atoms with Crippen LogP contribution in [0.1, 0.15) is 28.7 Å². The minimum atomic E-state index is -0.0771. The van der Waals surface area contributed by atoms with Crippen molar-refractivity contribution in [2.45, 2.75) is 19.9 Å². The van der Waals surface area contributed by atoms with Gasteiger partial charge < -0.3 is 20.5 Å². The number of halogens is 1. The molecule has 3 aromatic rings. The quantitative estimate of drug-likeness (QED) is 0.229. The summed E-state index contributed by atoms with van der Waals surface area (Å²) in [5.74, 6) is 1.62. The molecule has 1 heterocycles. The van der Waals surface area contributed by atoms with Crippen LogP contribution >= 0.6 is 24.0 Å². The second-order valence-corrected chi connectivity index (χ2v) is 7.23. The van der Waals surface area contributed by atoms with Crippen molar-refractivity contribution < 1.29 is 4.79 Å². The molecule has 0 spiro atoms. The van der Waals surface area contributed by atoms with Gasteiger partial charge >= 0.3 is 0 Å². The Morgan fingerprint density at radius 1 is 1.16 bits per heavy atom. The number of rotatable bonds is 8. The lowest BCUT2D eigenvalue weighted by molar-refractivity contribution is 0.0963. The van der Waals surface area contributed by atoms with Gasteiger partial charge in [0.1, 0.15) is 5.82 Å². The number of aliphatic imine (C=N–C) groups is 1. The van der Waals surface area contributed by atoms with E-state index in [1.54, 1.807) is 7.05 Å². The average Bonchev–Trinajstić information content (AvgIpc) is 3.27. The number of aromatic nitrogens is 2. The summed E-state index contributed by atoms with van der Waals surface area (Å²) in [6, 6.07) is 17.8. The Balaban J connectivity index is 0.00000363. The van der Waals surface area contributed by atoms with Crippen molar-refractivity contribution in [1.82, 2.24) is 25.5 Å². The van der Waals surface area contributed by atoms with Crippen LogP contribution in [0.15, 0.2) is 65.8 Å². The van der Waals surface area contributed by atoms with E-state index in [0.29, 0.717) is 18.7 Å². The van der Waals surface area contributed by atoms with E-state index in [1.807, 2.05) is 55.7 Å². The molecule has 0 saturated heterocycles. The highest BCUT2D eigenvalue weighted by Gasteiger charge is 2.10. The maximum atomic E-state index is 11.8. The van der Waals surface area contributed by atoms with E-state index in [4.69, 9.17) is 4.99 Å². The first-order valence-electron chi connectivity index (χ1n) is 10.5. The summed E-state index contributed by atoms with van der Waals surface area (Å²) in [7, 11) is 3.64. The van der Waals surface area contributed by atoms with E-state index in [9.17, 15) is 4.79 Å². The number of imidazole rings is 1. The van der Waals surface area contributed by atoms with Crippen molar-refractivity contribution >= 4 is 35.8 Å². The summed E-state index contributed by atoms with van der Waals surface area (Å²) in [5, 5.41) is 5.99. The zero-order chi connectivity index (χ0) is 22.1. The van der Waals surface area contributed by atoms with Crippen LogP contribution in [0.25, 0.3) is 11.3 Å². The van der Waals surface area contributed by atoms with Crippen LogP contribution in [-0.4, -0.2) is 53.9 Å². The van der Waals surface area contributed by atoms with Gasteiger partial charge in [-0.05, 0) is 36.6 Å². The molecule has 0 aliphatic heterocycles. The Morgan fingerprint density at radius 2 is 1.94 bits per heavy atom. The highest BCUT2D eigenvalue weighted by molar-refractivity contribution is 14.0. The zero-order valence-corrected chi connectivity index (χ0v) is 21.1. The fraction of sp³-hybridized carbons (Fsp3) is 0.292. The van der Waals surface area contributed by atoms with Crippen LogP contribution in [0.2, 0.25) is 0 Å². The van der Waals surface area contributed by atoms with Crippen molar-refractivity contribution in [3.63, 3.8) is 0 Å². The Kier molecular flexibility index (Phi) is 10.2. The zero-order valence-electron chi connectivity index (χ0n) is 18.8. The molecule has 3 N–H and O–H groups in total. The van der Waals surface area contributed by atoms with Crippen LogP contribution in [0.5, 0.6) is 0 Å². The highest BCUT2D eigenvalue weighted by atomic mass is 127. The van der Waals surface area contributed by atoms with Crippen LogP contribution in [-0.2, 0) is 13.0 Å².